The molecule has 0 atom stereocenters. The fraction of sp³-hybridized carbons (Fsp3) is 0.286. The van der Waals surface area contributed by atoms with Crippen LogP contribution in [0.25, 0.3) is 0 Å². The molecule has 3 amide bonds. The zero-order valence-electron chi connectivity index (χ0n) is 12.4. The molecule has 0 aliphatic rings. The monoisotopic (exact) mass is 384 g/mol. The van der Waals surface area contributed by atoms with Crippen LogP contribution in [0, 0.1) is 0 Å². The number of amides is 3. The van der Waals surface area contributed by atoms with Crippen molar-refractivity contribution in [3.05, 3.63) is 28.7 Å². The van der Waals surface area contributed by atoms with Crippen LogP contribution in [0.5, 0.6) is 0 Å². The molecule has 4 N–H and O–H groups in total. The van der Waals surface area contributed by atoms with E-state index in [4.69, 9.17) is 5.11 Å². The maximum Gasteiger partial charge on any atom is 0.329 e. The molecule has 1 rings (SSSR count). The van der Waals surface area contributed by atoms with Gasteiger partial charge >= 0.3 is 11.8 Å². The fourth-order valence-corrected chi connectivity index (χ4v) is 1.86. The topological polar surface area (TPSA) is 120 Å². The third-order valence-electron chi connectivity index (χ3n) is 2.52. The maximum absolute atomic E-state index is 11.9. The number of nitrogens with one attached hydrogen (secondary N) is 3. The number of nitrogens with zero attached hydrogens (tertiary/aromatic N) is 1. The van der Waals surface area contributed by atoms with Crippen LogP contribution < -0.4 is 16.1 Å². The number of aliphatic hydroxyl groups is 1. The van der Waals surface area contributed by atoms with E-state index in [0.717, 1.165) is 4.47 Å². The number of hydrogen-bond acceptors (Lipinski definition) is 5. The molecule has 0 radical (unpaired) electrons. The normalized spacial score (nSPS) is 10.8. The molecular weight excluding hydrogens is 368 g/mol. The van der Waals surface area contributed by atoms with Crippen LogP contribution in [0.4, 0.5) is 5.69 Å². The van der Waals surface area contributed by atoms with E-state index < -0.39 is 11.8 Å². The first-order valence-corrected chi connectivity index (χ1v) is 7.50. The van der Waals surface area contributed by atoms with Gasteiger partial charge in [-0.2, -0.15) is 5.10 Å². The Hall–Kier alpha value is -2.26. The number of benzene rings is 1. The van der Waals surface area contributed by atoms with Crippen LogP contribution in [0.15, 0.2) is 33.8 Å². The number of aliphatic hydroxyl groups excluding tert-OH is 1. The molecule has 0 saturated heterocycles. The van der Waals surface area contributed by atoms with Crippen LogP contribution >= 0.6 is 15.9 Å². The second-order valence-electron chi connectivity index (χ2n) is 4.47. The predicted molar refractivity (Wildman–Crippen MR) is 88.7 cm³/mol. The summed E-state index contributed by atoms with van der Waals surface area (Å²) in [5, 5.41) is 17.1. The molecule has 1 aromatic carbocycles. The minimum absolute atomic E-state index is 0.0245. The summed E-state index contributed by atoms with van der Waals surface area (Å²) >= 11 is 3.31. The SMILES string of the molecule is C/C(CC(=O)Nc1ccccc1Br)=N/NC(=O)C(=O)NCCO. The highest BCUT2D eigenvalue weighted by molar-refractivity contribution is 9.10. The summed E-state index contributed by atoms with van der Waals surface area (Å²) in [4.78, 5) is 34.4. The van der Waals surface area contributed by atoms with Crippen LogP contribution in [0.3, 0.4) is 0 Å². The van der Waals surface area contributed by atoms with Gasteiger partial charge in [0.15, 0.2) is 0 Å². The molecule has 0 unspecified atom stereocenters. The van der Waals surface area contributed by atoms with Crippen LogP contribution in [0.2, 0.25) is 0 Å². The third-order valence-corrected chi connectivity index (χ3v) is 3.21. The smallest absolute Gasteiger partial charge is 0.329 e. The van der Waals surface area contributed by atoms with E-state index in [9.17, 15) is 14.4 Å². The van der Waals surface area contributed by atoms with E-state index in [-0.39, 0.29) is 25.5 Å². The van der Waals surface area contributed by atoms with Gasteiger partial charge in [-0.3, -0.25) is 14.4 Å². The third kappa shape index (κ3) is 7.02. The van der Waals surface area contributed by atoms with Gasteiger partial charge in [-0.25, -0.2) is 5.43 Å². The van der Waals surface area contributed by atoms with Crippen molar-refractivity contribution < 1.29 is 19.5 Å². The lowest BCUT2D eigenvalue weighted by Gasteiger charge is -2.07. The summed E-state index contributed by atoms with van der Waals surface area (Å²) in [6, 6.07) is 7.14. The van der Waals surface area contributed by atoms with Gasteiger partial charge in [0.1, 0.15) is 0 Å². The van der Waals surface area contributed by atoms with Gasteiger partial charge in [0.2, 0.25) is 5.91 Å². The maximum atomic E-state index is 11.9. The van der Waals surface area contributed by atoms with E-state index in [2.05, 4.69) is 31.7 Å². The van der Waals surface area contributed by atoms with E-state index in [1.54, 1.807) is 25.1 Å². The van der Waals surface area contributed by atoms with Gasteiger partial charge < -0.3 is 15.7 Å². The number of rotatable bonds is 6. The zero-order chi connectivity index (χ0) is 17.2. The highest BCUT2D eigenvalue weighted by Crippen LogP contribution is 2.21. The van der Waals surface area contributed by atoms with Gasteiger partial charge in [0.25, 0.3) is 0 Å². The van der Waals surface area contributed by atoms with E-state index in [0.29, 0.717) is 11.4 Å². The predicted octanol–water partition coefficient (Wildman–Crippen LogP) is 0.378. The van der Waals surface area contributed by atoms with Crippen LogP contribution in [-0.4, -0.2) is 41.7 Å². The number of hydrogen-bond donors (Lipinski definition) is 4. The highest BCUT2D eigenvalue weighted by Gasteiger charge is 2.12. The number of carbonyl (C=O) groups excluding carboxylic acids is 3. The van der Waals surface area contributed by atoms with Crippen molar-refractivity contribution in [2.24, 2.45) is 5.10 Å². The van der Waals surface area contributed by atoms with Crippen LogP contribution in [-0.2, 0) is 14.4 Å². The summed E-state index contributed by atoms with van der Waals surface area (Å²) in [5.74, 6) is -2.19. The van der Waals surface area contributed by atoms with Crippen LogP contribution in [0.1, 0.15) is 13.3 Å². The number of anilines is 1. The lowest BCUT2D eigenvalue weighted by atomic mass is 10.2. The minimum Gasteiger partial charge on any atom is -0.395 e. The summed E-state index contributed by atoms with van der Waals surface area (Å²) < 4.78 is 0.747. The Morgan fingerprint density at radius 2 is 1.91 bits per heavy atom. The molecule has 9 heteroatoms. The Morgan fingerprint density at radius 3 is 2.57 bits per heavy atom. The van der Waals surface area contributed by atoms with Crippen molar-refractivity contribution in [1.82, 2.24) is 10.7 Å². The molecule has 0 fully saturated rings. The summed E-state index contributed by atoms with van der Waals surface area (Å²) in [6.07, 6.45) is -0.0418. The largest absolute Gasteiger partial charge is 0.395 e. The molecule has 0 saturated carbocycles. The second kappa shape index (κ2) is 9.70. The standard InChI is InChI=1S/C14H17BrN4O4/c1-9(18-19-14(23)13(22)16-6-7-20)8-12(21)17-11-5-3-2-4-10(11)15/h2-5,20H,6-8H2,1H3,(H,16,22)(H,17,21)(H,19,23)/b18-9-. The molecule has 23 heavy (non-hydrogen) atoms. The molecule has 0 bridgehead atoms. The molecule has 124 valence electrons. The number of halogens is 1. The first-order chi connectivity index (χ1) is 10.9. The zero-order valence-corrected chi connectivity index (χ0v) is 14.0. The van der Waals surface area contributed by atoms with E-state index in [1.165, 1.54) is 0 Å². The Kier molecular flexibility index (Phi) is 7.92. The first kappa shape index (κ1) is 18.8. The minimum atomic E-state index is -0.969. The molecule has 0 heterocycles. The summed E-state index contributed by atoms with van der Waals surface area (Å²) in [6.45, 7) is 1.26. The average molecular weight is 385 g/mol. The lowest BCUT2D eigenvalue weighted by Crippen LogP contribution is -2.39. The van der Waals surface area contributed by atoms with E-state index in [1.807, 2.05) is 11.5 Å². The molecular formula is C14H17BrN4O4. The first-order valence-electron chi connectivity index (χ1n) is 6.70. The molecule has 1 aromatic rings. The van der Waals surface area contributed by atoms with Gasteiger partial charge in [-0.15, -0.1) is 0 Å². The van der Waals surface area contributed by atoms with Gasteiger partial charge in [-0.1, -0.05) is 12.1 Å². The van der Waals surface area contributed by atoms with Crippen molar-refractivity contribution >= 4 is 45.1 Å². The average Bonchev–Trinajstić information content (AvgIpc) is 2.52. The molecule has 0 aromatic heterocycles. The fourth-order valence-electron chi connectivity index (χ4n) is 1.48. The van der Waals surface area contributed by atoms with Crippen molar-refractivity contribution in [3.63, 3.8) is 0 Å². The number of hydrazone groups is 1. The summed E-state index contributed by atoms with van der Waals surface area (Å²) in [5.41, 5.74) is 2.99. The Morgan fingerprint density at radius 1 is 1.22 bits per heavy atom. The van der Waals surface area contributed by atoms with Crippen molar-refractivity contribution in [3.8, 4) is 0 Å². The lowest BCUT2D eigenvalue weighted by molar-refractivity contribution is -0.139. The molecule has 8 nitrogen and oxygen atoms in total. The van der Waals surface area contributed by atoms with Gasteiger partial charge in [0.05, 0.1) is 18.7 Å². The quantitative estimate of drug-likeness (QED) is 0.321. The number of carbonyl (C=O) groups is 3. The van der Waals surface area contributed by atoms with Crippen molar-refractivity contribution in [2.75, 3.05) is 18.5 Å². The molecule has 0 spiro atoms. The summed E-state index contributed by atoms with van der Waals surface area (Å²) in [7, 11) is 0. The molecule has 0 aliphatic carbocycles. The van der Waals surface area contributed by atoms with Crippen molar-refractivity contribution in [2.45, 2.75) is 13.3 Å². The highest BCUT2D eigenvalue weighted by atomic mass is 79.9. The number of para-hydroxylation sites is 1. The van der Waals surface area contributed by atoms with Crippen molar-refractivity contribution in [1.29, 1.82) is 0 Å². The Labute approximate surface area is 141 Å². The van der Waals surface area contributed by atoms with Gasteiger partial charge in [-0.05, 0) is 35.0 Å². The van der Waals surface area contributed by atoms with E-state index >= 15 is 0 Å². The Bertz CT molecular complexity index is 619. The molecule has 0 aliphatic heterocycles. The second-order valence-corrected chi connectivity index (χ2v) is 5.33. The Balaban J connectivity index is 2.47. The van der Waals surface area contributed by atoms with Gasteiger partial charge in [0, 0.05) is 16.7 Å².